The molecule has 104 valence electrons. The molecule has 0 aromatic heterocycles. The zero-order chi connectivity index (χ0) is 14.2. The largest absolute Gasteiger partial charge is 0.416 e. The lowest BCUT2D eigenvalue weighted by Crippen LogP contribution is -2.15. The van der Waals surface area contributed by atoms with E-state index in [4.69, 9.17) is 0 Å². The predicted octanol–water partition coefficient (Wildman–Crippen LogP) is 4.25. The smallest absolute Gasteiger partial charge is 0.388 e. The molecular formula is C13H15F3N2O. The number of hydrogen-bond acceptors (Lipinski definition) is 3. The molecule has 0 spiro atoms. The summed E-state index contributed by atoms with van der Waals surface area (Å²) in [5, 5.41) is 18.0. The molecule has 0 fully saturated rings. The van der Waals surface area contributed by atoms with Crippen LogP contribution in [-0.2, 0) is 6.18 Å². The fourth-order valence-corrected chi connectivity index (χ4v) is 2.03. The molecular weight excluding hydrogens is 257 g/mol. The van der Waals surface area contributed by atoms with E-state index in [1.807, 2.05) is 13.8 Å². The normalized spacial score (nSPS) is 23.3. The second-order valence-corrected chi connectivity index (χ2v) is 5.05. The number of aliphatic hydroxyl groups is 1. The van der Waals surface area contributed by atoms with Crippen LogP contribution in [0.1, 0.15) is 37.5 Å². The number of alkyl halides is 3. The Balaban J connectivity index is 2.42. The van der Waals surface area contributed by atoms with Gasteiger partial charge in [0, 0.05) is 12.0 Å². The molecule has 2 unspecified atom stereocenters. The van der Waals surface area contributed by atoms with Crippen LogP contribution < -0.4 is 0 Å². The molecule has 1 N–H and O–H groups in total. The maximum absolute atomic E-state index is 12.6. The third-order valence-electron chi connectivity index (χ3n) is 3.26. The number of halogens is 3. The van der Waals surface area contributed by atoms with Crippen LogP contribution in [0.4, 0.5) is 18.9 Å². The molecule has 0 saturated carbocycles. The van der Waals surface area contributed by atoms with Crippen molar-refractivity contribution in [1.82, 2.24) is 0 Å². The first kappa shape index (κ1) is 14.0. The Bertz CT molecular complexity index is 497. The Morgan fingerprint density at radius 2 is 2.00 bits per heavy atom. The Morgan fingerprint density at radius 3 is 2.58 bits per heavy atom. The Labute approximate surface area is 109 Å². The minimum absolute atomic E-state index is 0.102. The summed E-state index contributed by atoms with van der Waals surface area (Å²) in [5.41, 5.74) is -0.272. The van der Waals surface area contributed by atoms with Crippen molar-refractivity contribution in [2.75, 3.05) is 0 Å². The van der Waals surface area contributed by atoms with Crippen molar-refractivity contribution in [2.45, 2.75) is 38.6 Å². The zero-order valence-electron chi connectivity index (χ0n) is 10.6. The number of aliphatic hydroxyl groups excluding tert-OH is 1. The minimum atomic E-state index is -4.42. The van der Waals surface area contributed by atoms with E-state index in [0.29, 0.717) is 12.0 Å². The number of fused-ring (bicyclic) bond motifs is 1. The number of rotatable bonds is 1. The van der Waals surface area contributed by atoms with Crippen molar-refractivity contribution >= 4 is 5.69 Å². The highest BCUT2D eigenvalue weighted by Gasteiger charge is 2.32. The first-order valence-corrected chi connectivity index (χ1v) is 6.09. The van der Waals surface area contributed by atoms with Crippen molar-refractivity contribution in [1.29, 1.82) is 0 Å². The summed E-state index contributed by atoms with van der Waals surface area (Å²) in [7, 11) is 0. The van der Waals surface area contributed by atoms with Gasteiger partial charge in [0.1, 0.15) is 0 Å². The predicted molar refractivity (Wildman–Crippen MR) is 64.2 cm³/mol. The molecule has 0 bridgehead atoms. The molecule has 1 aromatic rings. The highest BCUT2D eigenvalue weighted by atomic mass is 19.4. The molecule has 3 nitrogen and oxygen atoms in total. The van der Waals surface area contributed by atoms with Gasteiger partial charge in [0.15, 0.2) is 0 Å². The minimum Gasteiger partial charge on any atom is -0.388 e. The number of azo groups is 1. The molecule has 19 heavy (non-hydrogen) atoms. The summed E-state index contributed by atoms with van der Waals surface area (Å²) in [6.07, 6.45) is -4.88. The maximum Gasteiger partial charge on any atom is 0.416 e. The molecule has 0 saturated heterocycles. The van der Waals surface area contributed by atoms with E-state index in [-0.39, 0.29) is 17.6 Å². The lowest BCUT2D eigenvalue weighted by atomic mass is 9.94. The standard InChI is InChI=1S/C13H15F3N2O/c1-7(2)10-6-12(19)9-4-3-8(13(14,15)16)5-11(9)18-17-10/h3-5,7,10,12,19H,6H2,1-2H3. The van der Waals surface area contributed by atoms with Crippen molar-refractivity contribution in [3.8, 4) is 0 Å². The molecule has 0 radical (unpaired) electrons. The average Bonchev–Trinajstić information content (AvgIpc) is 2.47. The molecule has 2 rings (SSSR count). The van der Waals surface area contributed by atoms with E-state index >= 15 is 0 Å². The van der Waals surface area contributed by atoms with Crippen LogP contribution in [0.15, 0.2) is 28.4 Å². The Kier molecular flexibility index (Phi) is 3.62. The van der Waals surface area contributed by atoms with Crippen LogP contribution in [-0.4, -0.2) is 11.1 Å². The maximum atomic E-state index is 12.6. The Hall–Kier alpha value is -1.43. The van der Waals surface area contributed by atoms with Gasteiger partial charge in [-0.3, -0.25) is 0 Å². The molecule has 2 atom stereocenters. The number of hydrogen-bond donors (Lipinski definition) is 1. The monoisotopic (exact) mass is 272 g/mol. The lowest BCUT2D eigenvalue weighted by Gasteiger charge is -2.17. The summed E-state index contributed by atoms with van der Waals surface area (Å²) in [6, 6.07) is 3.00. The van der Waals surface area contributed by atoms with Gasteiger partial charge in [-0.1, -0.05) is 19.9 Å². The fourth-order valence-electron chi connectivity index (χ4n) is 2.03. The van der Waals surface area contributed by atoms with E-state index in [1.165, 1.54) is 6.07 Å². The summed E-state index contributed by atoms with van der Waals surface area (Å²) in [6.45, 7) is 3.88. The lowest BCUT2D eigenvalue weighted by molar-refractivity contribution is -0.137. The van der Waals surface area contributed by atoms with Gasteiger partial charge in [-0.2, -0.15) is 23.4 Å². The second-order valence-electron chi connectivity index (χ2n) is 5.05. The van der Waals surface area contributed by atoms with Crippen molar-refractivity contribution in [3.63, 3.8) is 0 Å². The van der Waals surface area contributed by atoms with Crippen LogP contribution in [0.3, 0.4) is 0 Å². The molecule has 1 heterocycles. The van der Waals surface area contributed by atoms with E-state index in [9.17, 15) is 18.3 Å². The van der Waals surface area contributed by atoms with Gasteiger partial charge in [0.2, 0.25) is 0 Å². The molecule has 1 aliphatic heterocycles. The van der Waals surface area contributed by atoms with Crippen LogP contribution >= 0.6 is 0 Å². The van der Waals surface area contributed by atoms with Crippen LogP contribution in [0, 0.1) is 5.92 Å². The Morgan fingerprint density at radius 1 is 1.32 bits per heavy atom. The van der Waals surface area contributed by atoms with Crippen LogP contribution in [0.25, 0.3) is 0 Å². The van der Waals surface area contributed by atoms with Gasteiger partial charge in [0.25, 0.3) is 0 Å². The van der Waals surface area contributed by atoms with Gasteiger partial charge in [-0.05, 0) is 18.1 Å². The number of nitrogens with zero attached hydrogens (tertiary/aromatic N) is 2. The number of benzene rings is 1. The van der Waals surface area contributed by atoms with Gasteiger partial charge < -0.3 is 5.11 Å². The topological polar surface area (TPSA) is 45.0 Å². The summed E-state index contributed by atoms with van der Waals surface area (Å²) >= 11 is 0. The average molecular weight is 272 g/mol. The third kappa shape index (κ3) is 2.94. The molecule has 0 amide bonds. The molecule has 0 aliphatic carbocycles. The zero-order valence-corrected chi connectivity index (χ0v) is 10.6. The fraction of sp³-hybridized carbons (Fsp3) is 0.538. The van der Waals surface area contributed by atoms with E-state index in [2.05, 4.69) is 10.2 Å². The highest BCUT2D eigenvalue weighted by molar-refractivity contribution is 5.50. The van der Waals surface area contributed by atoms with Gasteiger partial charge >= 0.3 is 6.18 Å². The highest BCUT2D eigenvalue weighted by Crippen LogP contribution is 2.38. The van der Waals surface area contributed by atoms with Crippen molar-refractivity contribution in [2.24, 2.45) is 16.1 Å². The van der Waals surface area contributed by atoms with Crippen molar-refractivity contribution in [3.05, 3.63) is 29.3 Å². The quantitative estimate of drug-likeness (QED) is 0.816. The van der Waals surface area contributed by atoms with E-state index < -0.39 is 17.8 Å². The second kappa shape index (κ2) is 4.92. The van der Waals surface area contributed by atoms with E-state index in [1.54, 1.807) is 0 Å². The van der Waals surface area contributed by atoms with Gasteiger partial charge in [0.05, 0.1) is 23.4 Å². The molecule has 1 aromatic carbocycles. The van der Waals surface area contributed by atoms with Gasteiger partial charge in [-0.25, -0.2) is 0 Å². The summed E-state index contributed by atoms with van der Waals surface area (Å²) < 4.78 is 37.9. The van der Waals surface area contributed by atoms with Crippen LogP contribution in [0.2, 0.25) is 0 Å². The van der Waals surface area contributed by atoms with Crippen LogP contribution in [0.5, 0.6) is 0 Å². The molecule has 6 heteroatoms. The first-order valence-electron chi connectivity index (χ1n) is 6.09. The van der Waals surface area contributed by atoms with Gasteiger partial charge in [-0.15, -0.1) is 0 Å². The van der Waals surface area contributed by atoms with E-state index in [0.717, 1.165) is 12.1 Å². The summed E-state index contributed by atoms with van der Waals surface area (Å²) in [5.74, 6) is 0.176. The molecule has 1 aliphatic rings. The first-order chi connectivity index (χ1) is 8.79. The summed E-state index contributed by atoms with van der Waals surface area (Å²) in [4.78, 5) is 0. The van der Waals surface area contributed by atoms with Crippen molar-refractivity contribution < 1.29 is 18.3 Å². The third-order valence-corrected chi connectivity index (χ3v) is 3.26. The SMILES string of the molecule is CC(C)C1CC(O)c2ccc(C(F)(F)F)cc2N=N1.